The van der Waals surface area contributed by atoms with Crippen molar-refractivity contribution in [2.45, 2.75) is 45.2 Å². The highest BCUT2D eigenvalue weighted by molar-refractivity contribution is 5.88. The van der Waals surface area contributed by atoms with Crippen molar-refractivity contribution < 1.29 is 14.6 Å². The lowest BCUT2D eigenvalue weighted by molar-refractivity contribution is 0.0696. The number of hydrogen-bond donors (Lipinski definition) is 1. The van der Waals surface area contributed by atoms with Gasteiger partial charge in [0.2, 0.25) is 0 Å². The lowest BCUT2D eigenvalue weighted by Gasteiger charge is -2.36. The Morgan fingerprint density at radius 1 is 1.38 bits per heavy atom. The first-order valence-electron chi connectivity index (χ1n) is 7.63. The lowest BCUT2D eigenvalue weighted by Crippen LogP contribution is -2.38. The maximum absolute atomic E-state index is 11.1. The fourth-order valence-corrected chi connectivity index (χ4v) is 3.37. The third-order valence-electron chi connectivity index (χ3n) is 4.58. The summed E-state index contributed by atoms with van der Waals surface area (Å²) in [6.07, 6.45) is 5.11. The molecule has 0 bridgehead atoms. The molecule has 1 saturated carbocycles. The number of aromatic carboxylic acids is 1. The van der Waals surface area contributed by atoms with Crippen molar-refractivity contribution in [2.75, 3.05) is 14.2 Å². The van der Waals surface area contributed by atoms with Crippen LogP contribution in [-0.4, -0.2) is 36.2 Å². The molecule has 1 aliphatic carbocycles. The number of ether oxygens (including phenoxy) is 1. The third kappa shape index (κ3) is 3.76. The van der Waals surface area contributed by atoms with Gasteiger partial charge in [-0.15, -0.1) is 0 Å². The predicted octanol–water partition coefficient (Wildman–Crippen LogP) is 3.40. The van der Waals surface area contributed by atoms with Crippen LogP contribution in [0.1, 0.15) is 48.5 Å². The van der Waals surface area contributed by atoms with Gasteiger partial charge < -0.3 is 9.84 Å². The second-order valence-electron chi connectivity index (χ2n) is 6.08. The molecule has 4 nitrogen and oxygen atoms in total. The molecule has 2 rings (SSSR count). The molecule has 1 aromatic rings. The van der Waals surface area contributed by atoms with Crippen molar-refractivity contribution in [1.29, 1.82) is 0 Å². The van der Waals surface area contributed by atoms with Crippen molar-refractivity contribution in [2.24, 2.45) is 5.92 Å². The lowest BCUT2D eigenvalue weighted by atomic mass is 9.85. The first-order valence-corrected chi connectivity index (χ1v) is 7.63. The van der Waals surface area contributed by atoms with Gasteiger partial charge in [0.05, 0.1) is 12.7 Å². The van der Waals surface area contributed by atoms with E-state index in [4.69, 9.17) is 9.84 Å². The zero-order valence-electron chi connectivity index (χ0n) is 13.1. The van der Waals surface area contributed by atoms with Gasteiger partial charge in [0.25, 0.3) is 0 Å². The first kappa shape index (κ1) is 15.8. The Labute approximate surface area is 126 Å². The van der Waals surface area contributed by atoms with Gasteiger partial charge in [0.15, 0.2) is 0 Å². The largest absolute Gasteiger partial charge is 0.496 e. The second kappa shape index (κ2) is 6.94. The Morgan fingerprint density at radius 2 is 2.10 bits per heavy atom. The average Bonchev–Trinajstić information content (AvgIpc) is 2.47. The first-order chi connectivity index (χ1) is 10.0. The highest BCUT2D eigenvalue weighted by Gasteiger charge is 2.25. The molecule has 0 aliphatic heterocycles. The van der Waals surface area contributed by atoms with E-state index in [1.807, 2.05) is 0 Å². The van der Waals surface area contributed by atoms with Crippen molar-refractivity contribution in [1.82, 2.24) is 4.90 Å². The van der Waals surface area contributed by atoms with Crippen LogP contribution in [-0.2, 0) is 6.54 Å². The molecule has 0 aromatic heterocycles. The van der Waals surface area contributed by atoms with Crippen LogP contribution in [0.15, 0.2) is 18.2 Å². The van der Waals surface area contributed by atoms with Gasteiger partial charge in [-0.1, -0.05) is 19.8 Å². The summed E-state index contributed by atoms with van der Waals surface area (Å²) >= 11 is 0. The smallest absolute Gasteiger partial charge is 0.335 e. The molecule has 21 heavy (non-hydrogen) atoms. The summed E-state index contributed by atoms with van der Waals surface area (Å²) in [7, 11) is 3.75. The van der Waals surface area contributed by atoms with E-state index in [9.17, 15) is 4.79 Å². The summed E-state index contributed by atoms with van der Waals surface area (Å²) in [6.45, 7) is 3.03. The Morgan fingerprint density at radius 3 is 2.71 bits per heavy atom. The van der Waals surface area contributed by atoms with Gasteiger partial charge in [-0.25, -0.2) is 4.79 Å². The van der Waals surface area contributed by atoms with Crippen molar-refractivity contribution in [3.05, 3.63) is 29.3 Å². The maximum atomic E-state index is 11.1. The summed E-state index contributed by atoms with van der Waals surface area (Å²) < 4.78 is 5.38. The van der Waals surface area contributed by atoms with E-state index in [-0.39, 0.29) is 0 Å². The highest BCUT2D eigenvalue weighted by Crippen LogP contribution is 2.30. The molecule has 1 aliphatic rings. The van der Waals surface area contributed by atoms with Crippen LogP contribution in [0.3, 0.4) is 0 Å². The van der Waals surface area contributed by atoms with Gasteiger partial charge in [-0.2, -0.15) is 0 Å². The molecular formula is C17H25NO3. The molecule has 1 fully saturated rings. The minimum atomic E-state index is -0.896. The van der Waals surface area contributed by atoms with Crippen molar-refractivity contribution >= 4 is 5.97 Å². The molecular weight excluding hydrogens is 266 g/mol. The molecule has 0 radical (unpaired) electrons. The summed E-state index contributed by atoms with van der Waals surface area (Å²) in [6, 6.07) is 5.63. The predicted molar refractivity (Wildman–Crippen MR) is 82.8 cm³/mol. The van der Waals surface area contributed by atoms with E-state index >= 15 is 0 Å². The van der Waals surface area contributed by atoms with Crippen LogP contribution >= 0.6 is 0 Å². The minimum absolute atomic E-state index is 0.316. The molecule has 1 aromatic carbocycles. The van der Waals surface area contributed by atoms with E-state index in [0.29, 0.717) is 17.5 Å². The quantitative estimate of drug-likeness (QED) is 0.903. The number of benzene rings is 1. The topological polar surface area (TPSA) is 49.8 Å². The Balaban J connectivity index is 2.16. The third-order valence-corrected chi connectivity index (χ3v) is 4.58. The van der Waals surface area contributed by atoms with E-state index in [2.05, 4.69) is 18.9 Å². The summed E-state index contributed by atoms with van der Waals surface area (Å²) in [5.41, 5.74) is 1.26. The molecule has 1 N–H and O–H groups in total. The van der Waals surface area contributed by atoms with E-state index < -0.39 is 5.97 Å². The average molecular weight is 291 g/mol. The van der Waals surface area contributed by atoms with E-state index in [1.165, 1.54) is 25.7 Å². The van der Waals surface area contributed by atoms with Crippen molar-refractivity contribution in [3.63, 3.8) is 0 Å². The fraction of sp³-hybridized carbons (Fsp3) is 0.588. The van der Waals surface area contributed by atoms with Gasteiger partial charge in [-0.3, -0.25) is 4.90 Å². The van der Waals surface area contributed by atoms with Gasteiger partial charge in [-0.05, 0) is 44.0 Å². The SMILES string of the molecule is COc1ccc(C(=O)O)cc1CN(C)C1CCCCC1C. The highest BCUT2D eigenvalue weighted by atomic mass is 16.5. The van der Waals surface area contributed by atoms with Gasteiger partial charge in [0.1, 0.15) is 5.75 Å². The minimum Gasteiger partial charge on any atom is -0.496 e. The number of carbonyl (C=O) groups is 1. The zero-order valence-corrected chi connectivity index (χ0v) is 13.1. The number of methoxy groups -OCH3 is 1. The Kier molecular flexibility index (Phi) is 5.23. The van der Waals surface area contributed by atoms with Gasteiger partial charge in [0, 0.05) is 18.2 Å². The van der Waals surface area contributed by atoms with E-state index in [0.717, 1.165) is 17.9 Å². The summed E-state index contributed by atoms with van der Waals surface area (Å²) in [5.74, 6) is 0.556. The molecule has 4 heteroatoms. The standard InChI is InChI=1S/C17H25NO3/c1-12-6-4-5-7-15(12)18(2)11-14-10-13(17(19)20)8-9-16(14)21-3/h8-10,12,15H,4-7,11H2,1-3H3,(H,19,20). The molecule has 0 saturated heterocycles. The van der Waals surface area contributed by atoms with Crippen LogP contribution in [0.5, 0.6) is 5.75 Å². The van der Waals surface area contributed by atoms with Crippen LogP contribution < -0.4 is 4.74 Å². The number of carboxylic acid groups (broad SMARTS) is 1. The summed E-state index contributed by atoms with van der Waals surface area (Å²) in [5, 5.41) is 9.14. The fourth-order valence-electron chi connectivity index (χ4n) is 3.37. The molecule has 116 valence electrons. The number of hydrogen-bond acceptors (Lipinski definition) is 3. The normalized spacial score (nSPS) is 22.3. The number of nitrogens with zero attached hydrogens (tertiary/aromatic N) is 1. The maximum Gasteiger partial charge on any atom is 0.335 e. The molecule has 2 atom stereocenters. The van der Waals surface area contributed by atoms with Crippen molar-refractivity contribution in [3.8, 4) is 5.75 Å². The Bertz CT molecular complexity index is 501. The molecule has 0 amide bonds. The van der Waals surface area contributed by atoms with E-state index in [1.54, 1.807) is 25.3 Å². The molecule has 0 heterocycles. The molecule has 0 spiro atoms. The monoisotopic (exact) mass is 291 g/mol. The second-order valence-corrected chi connectivity index (χ2v) is 6.08. The number of carboxylic acids is 1. The molecule has 2 unspecified atom stereocenters. The Hall–Kier alpha value is -1.55. The summed E-state index contributed by atoms with van der Waals surface area (Å²) in [4.78, 5) is 13.5. The zero-order chi connectivity index (χ0) is 15.4. The van der Waals surface area contributed by atoms with Crippen LogP contribution in [0.25, 0.3) is 0 Å². The number of rotatable bonds is 5. The van der Waals surface area contributed by atoms with Crippen LogP contribution in [0.4, 0.5) is 0 Å². The van der Waals surface area contributed by atoms with Crippen LogP contribution in [0.2, 0.25) is 0 Å². The van der Waals surface area contributed by atoms with Crippen LogP contribution in [0, 0.1) is 5.92 Å². The van der Waals surface area contributed by atoms with Gasteiger partial charge >= 0.3 is 5.97 Å².